The summed E-state index contributed by atoms with van der Waals surface area (Å²) in [5, 5.41) is 0. The maximum atomic E-state index is 6.07. The highest BCUT2D eigenvalue weighted by Crippen LogP contribution is 2.35. The van der Waals surface area contributed by atoms with Gasteiger partial charge in [-0.1, -0.05) is 28.9 Å². The average molecular weight is 256 g/mol. The van der Waals surface area contributed by atoms with E-state index in [0.717, 1.165) is 28.6 Å². The Labute approximate surface area is 92.6 Å². The highest BCUT2D eigenvalue weighted by molar-refractivity contribution is 9.10. The highest BCUT2D eigenvalue weighted by atomic mass is 79.9. The molecule has 0 amide bonds. The van der Waals surface area contributed by atoms with Gasteiger partial charge in [-0.25, -0.2) is 0 Å². The van der Waals surface area contributed by atoms with E-state index in [1.165, 1.54) is 0 Å². The average Bonchev–Trinajstić information content (AvgIpc) is 2.16. The summed E-state index contributed by atoms with van der Waals surface area (Å²) in [4.78, 5) is 0. The summed E-state index contributed by atoms with van der Waals surface area (Å²) >= 11 is 3.43. The molecule has 2 nitrogen and oxygen atoms in total. The number of fused-ring (bicyclic) bond motifs is 1. The number of halogens is 1. The largest absolute Gasteiger partial charge is 0.490 e. The molecule has 0 aromatic heterocycles. The second-order valence-corrected chi connectivity index (χ2v) is 4.59. The topological polar surface area (TPSA) is 35.2 Å². The standard InChI is InChI=1S/C11H14BrNO/c1-2-8-6-10(13)9-4-3-7(12)5-11(9)14-8/h3-5,8,10H,2,6,13H2,1H3. The van der Waals surface area contributed by atoms with E-state index < -0.39 is 0 Å². The van der Waals surface area contributed by atoms with E-state index in [-0.39, 0.29) is 12.1 Å². The first kappa shape index (κ1) is 9.99. The number of ether oxygens (including phenoxy) is 1. The second kappa shape index (κ2) is 3.91. The zero-order chi connectivity index (χ0) is 10.1. The maximum Gasteiger partial charge on any atom is 0.125 e. The number of hydrogen-bond acceptors (Lipinski definition) is 2. The van der Waals surface area contributed by atoms with Gasteiger partial charge in [-0.15, -0.1) is 0 Å². The lowest BCUT2D eigenvalue weighted by atomic mass is 9.96. The Morgan fingerprint density at radius 1 is 1.57 bits per heavy atom. The van der Waals surface area contributed by atoms with Gasteiger partial charge in [-0.2, -0.15) is 0 Å². The van der Waals surface area contributed by atoms with Crippen LogP contribution in [0.3, 0.4) is 0 Å². The molecule has 0 spiro atoms. The van der Waals surface area contributed by atoms with E-state index in [0.29, 0.717) is 0 Å². The Kier molecular flexibility index (Phi) is 2.79. The second-order valence-electron chi connectivity index (χ2n) is 3.67. The quantitative estimate of drug-likeness (QED) is 0.838. The summed E-state index contributed by atoms with van der Waals surface area (Å²) < 4.78 is 6.86. The fourth-order valence-corrected chi connectivity index (χ4v) is 2.14. The van der Waals surface area contributed by atoms with Crippen LogP contribution < -0.4 is 10.5 Å². The molecule has 3 heteroatoms. The zero-order valence-electron chi connectivity index (χ0n) is 8.16. The first-order chi connectivity index (χ1) is 6.70. The molecule has 0 bridgehead atoms. The van der Waals surface area contributed by atoms with Crippen molar-refractivity contribution in [1.29, 1.82) is 0 Å². The van der Waals surface area contributed by atoms with Gasteiger partial charge in [-0.05, 0) is 18.6 Å². The summed E-state index contributed by atoms with van der Waals surface area (Å²) in [7, 11) is 0. The number of nitrogens with two attached hydrogens (primary N) is 1. The van der Waals surface area contributed by atoms with Crippen LogP contribution in [0.5, 0.6) is 5.75 Å². The van der Waals surface area contributed by atoms with Crippen LogP contribution >= 0.6 is 15.9 Å². The van der Waals surface area contributed by atoms with Crippen LogP contribution in [0.4, 0.5) is 0 Å². The van der Waals surface area contributed by atoms with Gasteiger partial charge in [0.15, 0.2) is 0 Å². The molecule has 2 N–H and O–H groups in total. The Morgan fingerprint density at radius 3 is 3.07 bits per heavy atom. The van der Waals surface area contributed by atoms with E-state index in [2.05, 4.69) is 22.9 Å². The molecule has 1 aliphatic rings. The van der Waals surface area contributed by atoms with Crippen molar-refractivity contribution in [3.8, 4) is 5.75 Å². The fourth-order valence-electron chi connectivity index (χ4n) is 1.80. The molecular formula is C11H14BrNO. The summed E-state index contributed by atoms with van der Waals surface area (Å²) in [6.07, 6.45) is 2.21. The van der Waals surface area contributed by atoms with Gasteiger partial charge >= 0.3 is 0 Å². The first-order valence-corrected chi connectivity index (χ1v) is 5.71. The van der Waals surface area contributed by atoms with Crippen molar-refractivity contribution in [2.45, 2.75) is 31.9 Å². The maximum absolute atomic E-state index is 6.07. The minimum atomic E-state index is 0.122. The predicted octanol–water partition coefficient (Wildman–Crippen LogP) is 3.01. The van der Waals surface area contributed by atoms with Crippen molar-refractivity contribution < 1.29 is 4.74 Å². The lowest BCUT2D eigenvalue weighted by Crippen LogP contribution is -2.28. The molecular weight excluding hydrogens is 242 g/mol. The number of benzene rings is 1. The minimum Gasteiger partial charge on any atom is -0.490 e. The Balaban J connectivity index is 2.35. The zero-order valence-corrected chi connectivity index (χ0v) is 9.75. The molecule has 1 aromatic carbocycles. The van der Waals surface area contributed by atoms with Crippen LogP contribution in [0.2, 0.25) is 0 Å². The van der Waals surface area contributed by atoms with E-state index >= 15 is 0 Å². The van der Waals surface area contributed by atoms with Gasteiger partial charge < -0.3 is 10.5 Å². The summed E-state index contributed by atoms with van der Waals surface area (Å²) in [5.74, 6) is 0.935. The molecule has 1 aromatic rings. The number of rotatable bonds is 1. The van der Waals surface area contributed by atoms with Gasteiger partial charge in [0, 0.05) is 22.5 Å². The van der Waals surface area contributed by atoms with E-state index in [1.807, 2.05) is 18.2 Å². The molecule has 0 saturated heterocycles. The third-order valence-corrected chi connectivity index (χ3v) is 3.13. The molecule has 76 valence electrons. The molecule has 2 atom stereocenters. The van der Waals surface area contributed by atoms with Crippen molar-refractivity contribution in [2.24, 2.45) is 5.73 Å². The van der Waals surface area contributed by atoms with Crippen LogP contribution in [-0.2, 0) is 0 Å². The lowest BCUT2D eigenvalue weighted by molar-refractivity contribution is 0.155. The monoisotopic (exact) mass is 255 g/mol. The predicted molar refractivity (Wildman–Crippen MR) is 60.4 cm³/mol. The summed E-state index contributed by atoms with van der Waals surface area (Å²) in [5.41, 5.74) is 7.19. The van der Waals surface area contributed by atoms with Gasteiger partial charge in [0.25, 0.3) is 0 Å². The van der Waals surface area contributed by atoms with Crippen molar-refractivity contribution in [3.63, 3.8) is 0 Å². The van der Waals surface area contributed by atoms with Crippen molar-refractivity contribution in [1.82, 2.24) is 0 Å². The molecule has 2 rings (SSSR count). The summed E-state index contributed by atoms with van der Waals surface area (Å²) in [6, 6.07) is 6.16. The minimum absolute atomic E-state index is 0.122. The van der Waals surface area contributed by atoms with Crippen molar-refractivity contribution in [2.75, 3.05) is 0 Å². The van der Waals surface area contributed by atoms with Gasteiger partial charge in [0.1, 0.15) is 11.9 Å². The van der Waals surface area contributed by atoms with Gasteiger partial charge in [-0.3, -0.25) is 0 Å². The van der Waals surface area contributed by atoms with E-state index in [1.54, 1.807) is 0 Å². The first-order valence-electron chi connectivity index (χ1n) is 4.92. The van der Waals surface area contributed by atoms with Gasteiger partial charge in [0.2, 0.25) is 0 Å². The molecule has 1 heterocycles. The molecule has 0 saturated carbocycles. The highest BCUT2D eigenvalue weighted by Gasteiger charge is 2.24. The molecule has 14 heavy (non-hydrogen) atoms. The van der Waals surface area contributed by atoms with Crippen molar-refractivity contribution >= 4 is 15.9 Å². The van der Waals surface area contributed by atoms with E-state index in [4.69, 9.17) is 10.5 Å². The SMILES string of the molecule is CCC1CC(N)c2ccc(Br)cc2O1. The molecule has 0 aliphatic carbocycles. The van der Waals surface area contributed by atoms with Crippen LogP contribution in [0, 0.1) is 0 Å². The molecule has 2 unspecified atom stereocenters. The molecule has 0 fully saturated rings. The van der Waals surface area contributed by atoms with Crippen LogP contribution in [0.1, 0.15) is 31.4 Å². The normalized spacial score (nSPS) is 25.4. The van der Waals surface area contributed by atoms with Gasteiger partial charge in [0.05, 0.1) is 0 Å². The third-order valence-electron chi connectivity index (χ3n) is 2.64. The third kappa shape index (κ3) is 1.79. The van der Waals surface area contributed by atoms with Crippen LogP contribution in [-0.4, -0.2) is 6.10 Å². The summed E-state index contributed by atoms with van der Waals surface area (Å²) in [6.45, 7) is 2.13. The lowest BCUT2D eigenvalue weighted by Gasteiger charge is -2.29. The van der Waals surface area contributed by atoms with Crippen LogP contribution in [0.25, 0.3) is 0 Å². The van der Waals surface area contributed by atoms with Crippen LogP contribution in [0.15, 0.2) is 22.7 Å². The van der Waals surface area contributed by atoms with Crippen molar-refractivity contribution in [3.05, 3.63) is 28.2 Å². The Hall–Kier alpha value is -0.540. The Morgan fingerprint density at radius 2 is 2.36 bits per heavy atom. The Bertz CT molecular complexity index is 340. The molecule has 0 radical (unpaired) electrons. The number of hydrogen-bond donors (Lipinski definition) is 1. The van der Waals surface area contributed by atoms with E-state index in [9.17, 15) is 0 Å². The molecule has 1 aliphatic heterocycles. The smallest absolute Gasteiger partial charge is 0.125 e. The fraction of sp³-hybridized carbons (Fsp3) is 0.455.